The molecule has 5 heteroatoms. The fraction of sp³-hybridized carbons (Fsp3) is 0.929. The molecule has 0 bridgehead atoms. The van der Waals surface area contributed by atoms with E-state index in [4.69, 9.17) is 4.74 Å². The molecule has 1 saturated carbocycles. The van der Waals surface area contributed by atoms with Crippen LogP contribution in [0, 0.1) is 0 Å². The van der Waals surface area contributed by atoms with Gasteiger partial charge in [0.2, 0.25) is 5.91 Å². The summed E-state index contributed by atoms with van der Waals surface area (Å²) in [4.78, 5) is 14.2. The summed E-state index contributed by atoms with van der Waals surface area (Å²) in [5.74, 6) is 0.122. The van der Waals surface area contributed by atoms with Gasteiger partial charge in [0.05, 0.1) is 18.8 Å². The van der Waals surface area contributed by atoms with Gasteiger partial charge in [-0.1, -0.05) is 12.8 Å². The first-order valence-electron chi connectivity index (χ1n) is 7.61. The van der Waals surface area contributed by atoms with Crippen molar-refractivity contribution in [2.45, 2.75) is 44.8 Å². The van der Waals surface area contributed by atoms with Crippen LogP contribution in [0.1, 0.15) is 32.6 Å². The minimum atomic E-state index is -0.0337. The van der Waals surface area contributed by atoms with Crippen molar-refractivity contribution in [2.24, 2.45) is 0 Å². The van der Waals surface area contributed by atoms with E-state index in [-0.39, 0.29) is 11.9 Å². The summed E-state index contributed by atoms with van der Waals surface area (Å²) in [5.41, 5.74) is 0. The SMILES string of the molecule is CC(C(=O)NCCOC1CCCC1)N1CCNCC1. The topological polar surface area (TPSA) is 53.6 Å². The second-order valence-corrected chi connectivity index (χ2v) is 5.53. The molecule has 2 N–H and O–H groups in total. The van der Waals surface area contributed by atoms with Crippen molar-refractivity contribution in [3.63, 3.8) is 0 Å². The van der Waals surface area contributed by atoms with Crippen molar-refractivity contribution < 1.29 is 9.53 Å². The molecule has 0 aromatic carbocycles. The summed E-state index contributed by atoms with van der Waals surface area (Å²) >= 11 is 0. The maximum Gasteiger partial charge on any atom is 0.237 e. The molecule has 5 nitrogen and oxygen atoms in total. The Morgan fingerprint density at radius 2 is 2.05 bits per heavy atom. The van der Waals surface area contributed by atoms with Crippen LogP contribution in [0.3, 0.4) is 0 Å². The number of piperazine rings is 1. The van der Waals surface area contributed by atoms with Gasteiger partial charge in [0.25, 0.3) is 0 Å². The lowest BCUT2D eigenvalue weighted by Gasteiger charge is -2.31. The van der Waals surface area contributed by atoms with Crippen molar-refractivity contribution in [1.29, 1.82) is 0 Å². The van der Waals surface area contributed by atoms with Crippen LogP contribution in [0.15, 0.2) is 0 Å². The summed E-state index contributed by atoms with van der Waals surface area (Å²) < 4.78 is 5.74. The quantitative estimate of drug-likeness (QED) is 0.684. The van der Waals surface area contributed by atoms with Gasteiger partial charge in [0.1, 0.15) is 0 Å². The molecule has 1 aliphatic heterocycles. The first kappa shape index (κ1) is 14.8. The Labute approximate surface area is 116 Å². The summed E-state index contributed by atoms with van der Waals surface area (Å²) in [6.45, 7) is 7.11. The van der Waals surface area contributed by atoms with Gasteiger partial charge in [0.15, 0.2) is 0 Å². The van der Waals surface area contributed by atoms with Gasteiger partial charge in [-0.05, 0) is 19.8 Å². The fourth-order valence-corrected chi connectivity index (χ4v) is 2.84. The molecule has 1 amide bonds. The van der Waals surface area contributed by atoms with E-state index in [2.05, 4.69) is 15.5 Å². The van der Waals surface area contributed by atoms with Crippen molar-refractivity contribution in [3.8, 4) is 0 Å². The molecule has 0 aromatic heterocycles. The second kappa shape index (κ2) is 7.82. The van der Waals surface area contributed by atoms with E-state index in [1.54, 1.807) is 0 Å². The Kier molecular flexibility index (Phi) is 6.07. The Hall–Kier alpha value is -0.650. The molecule has 0 aromatic rings. The normalized spacial score (nSPS) is 23.4. The Morgan fingerprint density at radius 3 is 2.74 bits per heavy atom. The minimum absolute atomic E-state index is 0.0337. The van der Waals surface area contributed by atoms with E-state index in [1.807, 2.05) is 6.92 Å². The monoisotopic (exact) mass is 269 g/mol. The van der Waals surface area contributed by atoms with Gasteiger partial charge in [-0.25, -0.2) is 0 Å². The third kappa shape index (κ3) is 4.75. The fourth-order valence-electron chi connectivity index (χ4n) is 2.84. The summed E-state index contributed by atoms with van der Waals surface area (Å²) in [5, 5.41) is 6.28. The van der Waals surface area contributed by atoms with Crippen molar-refractivity contribution in [1.82, 2.24) is 15.5 Å². The predicted molar refractivity (Wildman–Crippen MR) is 75.1 cm³/mol. The van der Waals surface area contributed by atoms with Gasteiger partial charge in [-0.2, -0.15) is 0 Å². The largest absolute Gasteiger partial charge is 0.376 e. The number of hydrogen-bond donors (Lipinski definition) is 2. The van der Waals surface area contributed by atoms with Crippen LogP contribution in [0.5, 0.6) is 0 Å². The van der Waals surface area contributed by atoms with Gasteiger partial charge >= 0.3 is 0 Å². The van der Waals surface area contributed by atoms with E-state index < -0.39 is 0 Å². The summed E-state index contributed by atoms with van der Waals surface area (Å²) in [6, 6.07) is -0.0337. The van der Waals surface area contributed by atoms with E-state index >= 15 is 0 Å². The van der Waals surface area contributed by atoms with Gasteiger partial charge < -0.3 is 15.4 Å². The molecule has 1 heterocycles. The third-order valence-corrected chi connectivity index (χ3v) is 4.14. The molecule has 0 spiro atoms. The molecule has 1 unspecified atom stereocenters. The highest BCUT2D eigenvalue weighted by atomic mass is 16.5. The standard InChI is InChI=1S/C14H27N3O2/c1-12(17-9-6-15-7-10-17)14(18)16-8-11-19-13-4-2-3-5-13/h12-13,15H,2-11H2,1H3,(H,16,18). The number of carbonyl (C=O) groups is 1. The molecule has 110 valence electrons. The Balaban J connectivity index is 1.57. The number of hydrogen-bond acceptors (Lipinski definition) is 4. The molecule has 1 saturated heterocycles. The van der Waals surface area contributed by atoms with Crippen LogP contribution >= 0.6 is 0 Å². The van der Waals surface area contributed by atoms with Crippen molar-refractivity contribution >= 4 is 5.91 Å². The van der Waals surface area contributed by atoms with Crippen molar-refractivity contribution in [2.75, 3.05) is 39.3 Å². The number of nitrogens with zero attached hydrogens (tertiary/aromatic N) is 1. The molecule has 2 rings (SSSR count). The van der Waals surface area contributed by atoms with Crippen LogP contribution in [-0.4, -0.2) is 62.3 Å². The molecule has 2 fully saturated rings. The molecule has 1 aliphatic carbocycles. The van der Waals surface area contributed by atoms with Crippen LogP contribution in [0.2, 0.25) is 0 Å². The van der Waals surface area contributed by atoms with E-state index in [9.17, 15) is 4.79 Å². The maximum absolute atomic E-state index is 12.0. The van der Waals surface area contributed by atoms with Gasteiger partial charge in [-0.15, -0.1) is 0 Å². The first-order chi connectivity index (χ1) is 9.27. The maximum atomic E-state index is 12.0. The number of carbonyl (C=O) groups excluding carboxylic acids is 1. The average molecular weight is 269 g/mol. The Morgan fingerprint density at radius 1 is 1.37 bits per heavy atom. The molecule has 19 heavy (non-hydrogen) atoms. The van der Waals surface area contributed by atoms with Crippen LogP contribution in [-0.2, 0) is 9.53 Å². The second-order valence-electron chi connectivity index (χ2n) is 5.53. The smallest absolute Gasteiger partial charge is 0.237 e. The third-order valence-electron chi connectivity index (χ3n) is 4.14. The Bertz CT molecular complexity index is 274. The number of ether oxygens (including phenoxy) is 1. The number of rotatable bonds is 6. The first-order valence-corrected chi connectivity index (χ1v) is 7.61. The van der Waals surface area contributed by atoms with Crippen LogP contribution < -0.4 is 10.6 Å². The molecule has 1 atom stereocenters. The lowest BCUT2D eigenvalue weighted by molar-refractivity contribution is -0.126. The predicted octanol–water partition coefficient (Wildman–Crippen LogP) is 0.356. The van der Waals surface area contributed by atoms with Crippen molar-refractivity contribution in [3.05, 3.63) is 0 Å². The zero-order valence-electron chi connectivity index (χ0n) is 12.0. The highest BCUT2D eigenvalue weighted by molar-refractivity contribution is 5.81. The molecule has 2 aliphatic rings. The highest BCUT2D eigenvalue weighted by Gasteiger charge is 2.22. The zero-order valence-corrected chi connectivity index (χ0v) is 12.0. The highest BCUT2D eigenvalue weighted by Crippen LogP contribution is 2.20. The van der Waals surface area contributed by atoms with E-state index in [0.29, 0.717) is 19.3 Å². The summed E-state index contributed by atoms with van der Waals surface area (Å²) in [7, 11) is 0. The lowest BCUT2D eigenvalue weighted by Crippen LogP contribution is -2.53. The summed E-state index contributed by atoms with van der Waals surface area (Å²) in [6.07, 6.45) is 5.38. The van der Waals surface area contributed by atoms with Crippen LogP contribution in [0.25, 0.3) is 0 Å². The van der Waals surface area contributed by atoms with E-state index in [0.717, 1.165) is 26.2 Å². The average Bonchev–Trinajstić information content (AvgIpc) is 2.96. The minimum Gasteiger partial charge on any atom is -0.376 e. The van der Waals surface area contributed by atoms with E-state index in [1.165, 1.54) is 25.7 Å². The molecular formula is C14H27N3O2. The molecule has 0 radical (unpaired) electrons. The van der Waals surface area contributed by atoms with Gasteiger partial charge in [-0.3, -0.25) is 9.69 Å². The number of amides is 1. The number of nitrogens with one attached hydrogen (secondary N) is 2. The van der Waals surface area contributed by atoms with Crippen LogP contribution in [0.4, 0.5) is 0 Å². The lowest BCUT2D eigenvalue weighted by atomic mass is 10.2. The van der Waals surface area contributed by atoms with Gasteiger partial charge in [0, 0.05) is 32.7 Å². The molecular weight excluding hydrogens is 242 g/mol. The zero-order chi connectivity index (χ0) is 13.5.